The fourth-order valence-electron chi connectivity index (χ4n) is 0.527. The topological polar surface area (TPSA) is 52.6 Å². The number of hydrogen-bond donors (Lipinski definition) is 0. The number of ether oxygens (including phenoxy) is 2. The zero-order valence-corrected chi connectivity index (χ0v) is 12.2. The molecule has 0 aliphatic carbocycles. The van der Waals surface area contributed by atoms with E-state index in [9.17, 15) is 9.59 Å². The van der Waals surface area contributed by atoms with Crippen LogP contribution in [0.15, 0.2) is 0 Å². The molecule has 0 saturated carbocycles. The third-order valence-electron chi connectivity index (χ3n) is 0.987. The number of halogens is 1. The van der Waals surface area contributed by atoms with Crippen LogP contribution < -0.4 is 0 Å². The van der Waals surface area contributed by atoms with Crippen molar-refractivity contribution in [2.75, 3.05) is 13.2 Å². The van der Waals surface area contributed by atoms with Crippen molar-refractivity contribution in [2.24, 2.45) is 5.92 Å². The molecule has 0 aliphatic rings. The lowest BCUT2D eigenvalue weighted by molar-refractivity contribution is -0.152. The molecule has 0 saturated heterocycles. The molecule has 0 rings (SSSR count). The minimum atomic E-state index is -1.00. The van der Waals surface area contributed by atoms with Gasteiger partial charge in [-0.3, -0.25) is 9.59 Å². The Bertz CT molecular complexity index is 183. The zero-order valence-electron chi connectivity index (χ0n) is 10.6. The monoisotopic (exact) mass is 296 g/mol. The fourth-order valence-corrected chi connectivity index (χ4v) is 0.791. The van der Waals surface area contributed by atoms with Crippen LogP contribution in [0.25, 0.3) is 0 Å². The first-order chi connectivity index (χ1) is 7.36. The molecule has 0 aromatic heterocycles. The van der Waals surface area contributed by atoms with Gasteiger partial charge in [0.2, 0.25) is 4.83 Å². The van der Waals surface area contributed by atoms with E-state index in [1.807, 2.05) is 0 Å². The van der Waals surface area contributed by atoms with Crippen molar-refractivity contribution in [3.63, 3.8) is 0 Å². The summed E-state index contributed by atoms with van der Waals surface area (Å²) in [6, 6.07) is 0. The van der Waals surface area contributed by atoms with Crippen LogP contribution in [0, 0.1) is 5.92 Å². The summed E-state index contributed by atoms with van der Waals surface area (Å²) in [7, 11) is 0. The van der Waals surface area contributed by atoms with Crippen LogP contribution in [0.1, 0.15) is 34.6 Å². The molecule has 0 unspecified atom stereocenters. The van der Waals surface area contributed by atoms with Crippen LogP contribution in [0.3, 0.4) is 0 Å². The smallest absolute Gasteiger partial charge is 0.331 e. The van der Waals surface area contributed by atoms with Crippen molar-refractivity contribution in [1.82, 2.24) is 0 Å². The summed E-state index contributed by atoms with van der Waals surface area (Å²) in [5.41, 5.74) is 0. The molecule has 0 aromatic rings. The van der Waals surface area contributed by atoms with Crippen LogP contribution in [0.5, 0.6) is 0 Å². The summed E-state index contributed by atoms with van der Waals surface area (Å²) in [5.74, 6) is -0.396. The van der Waals surface area contributed by atoms with Crippen molar-refractivity contribution in [3.8, 4) is 0 Å². The Kier molecular flexibility index (Phi) is 12.2. The van der Waals surface area contributed by atoms with Gasteiger partial charge in [-0.05, 0) is 19.8 Å². The lowest BCUT2D eigenvalue weighted by Gasteiger charge is -2.07. The summed E-state index contributed by atoms with van der Waals surface area (Å²) >= 11 is 2.86. The van der Waals surface area contributed by atoms with Gasteiger partial charge in [-0.2, -0.15) is 0 Å². The maximum Gasteiger partial charge on any atom is 0.331 e. The quantitative estimate of drug-likeness (QED) is 0.454. The normalized spacial score (nSPS) is 9.50. The molecular weight excluding hydrogens is 276 g/mol. The molecule has 5 heteroatoms. The Labute approximate surface area is 106 Å². The Balaban J connectivity index is 0. The fraction of sp³-hybridized carbons (Fsp3) is 0.818. The van der Waals surface area contributed by atoms with Gasteiger partial charge < -0.3 is 9.47 Å². The predicted molar refractivity (Wildman–Crippen MR) is 66.5 cm³/mol. The van der Waals surface area contributed by atoms with E-state index in [0.29, 0.717) is 0 Å². The molecule has 96 valence electrons. The number of hydrogen-bond acceptors (Lipinski definition) is 4. The number of rotatable bonds is 4. The first-order valence-corrected chi connectivity index (χ1v) is 6.25. The summed E-state index contributed by atoms with van der Waals surface area (Å²) in [4.78, 5) is 20.8. The van der Waals surface area contributed by atoms with Crippen LogP contribution in [-0.4, -0.2) is 30.0 Å². The Morgan fingerprint density at radius 2 is 1.25 bits per heavy atom. The van der Waals surface area contributed by atoms with Gasteiger partial charge in [-0.25, -0.2) is 0 Å². The first kappa shape index (κ1) is 17.8. The SMILES string of the molecule is CC(C)C.CCOC(=O)C(Br)C(=O)OCC. The van der Waals surface area contributed by atoms with Gasteiger partial charge in [-0.15, -0.1) is 0 Å². The van der Waals surface area contributed by atoms with Crippen molar-refractivity contribution in [3.05, 3.63) is 0 Å². The maximum atomic E-state index is 10.9. The average molecular weight is 297 g/mol. The summed E-state index contributed by atoms with van der Waals surface area (Å²) in [6.07, 6.45) is 0. The molecule has 0 bridgehead atoms. The van der Waals surface area contributed by atoms with E-state index in [0.717, 1.165) is 5.92 Å². The molecule has 0 spiro atoms. The largest absolute Gasteiger partial charge is 0.465 e. The third kappa shape index (κ3) is 11.5. The Morgan fingerprint density at radius 1 is 1.00 bits per heavy atom. The summed E-state index contributed by atoms with van der Waals surface area (Å²) in [6.45, 7) is 10.3. The van der Waals surface area contributed by atoms with Crippen LogP contribution >= 0.6 is 15.9 Å². The van der Waals surface area contributed by atoms with E-state index in [1.54, 1.807) is 13.8 Å². The van der Waals surface area contributed by atoms with Gasteiger partial charge in [0.1, 0.15) is 0 Å². The second kappa shape index (κ2) is 10.9. The molecule has 0 fully saturated rings. The van der Waals surface area contributed by atoms with E-state index in [1.165, 1.54) is 0 Å². The van der Waals surface area contributed by atoms with Crippen molar-refractivity contribution < 1.29 is 19.1 Å². The zero-order chi connectivity index (χ0) is 13.1. The van der Waals surface area contributed by atoms with E-state index in [4.69, 9.17) is 0 Å². The van der Waals surface area contributed by atoms with Gasteiger partial charge in [0, 0.05) is 0 Å². The standard InChI is InChI=1S/C7H11BrO4.C4H10/c1-3-11-6(9)5(8)7(10)12-4-2;1-4(2)3/h5H,3-4H2,1-2H3;4H,1-3H3. The number of carbonyl (C=O) groups is 2. The van der Waals surface area contributed by atoms with Crippen LogP contribution in [-0.2, 0) is 19.1 Å². The minimum Gasteiger partial charge on any atom is -0.465 e. The minimum absolute atomic E-state index is 0.250. The van der Waals surface area contributed by atoms with E-state index in [-0.39, 0.29) is 13.2 Å². The Hall–Kier alpha value is -0.580. The maximum absolute atomic E-state index is 10.9. The highest BCUT2D eigenvalue weighted by Crippen LogP contribution is 2.04. The summed E-state index contributed by atoms with van der Waals surface area (Å²) in [5, 5.41) is 0. The van der Waals surface area contributed by atoms with Crippen molar-refractivity contribution in [2.45, 2.75) is 39.4 Å². The van der Waals surface area contributed by atoms with Gasteiger partial charge in [0.15, 0.2) is 0 Å². The van der Waals surface area contributed by atoms with Gasteiger partial charge in [0.05, 0.1) is 13.2 Å². The predicted octanol–water partition coefficient (Wildman–Crippen LogP) is 2.54. The molecule has 0 amide bonds. The number of alkyl halides is 1. The lowest BCUT2D eigenvalue weighted by Crippen LogP contribution is -2.28. The van der Waals surface area contributed by atoms with Crippen LogP contribution in [0.2, 0.25) is 0 Å². The number of esters is 2. The lowest BCUT2D eigenvalue weighted by atomic mass is 10.3. The Morgan fingerprint density at radius 3 is 1.44 bits per heavy atom. The van der Waals surface area contributed by atoms with Crippen LogP contribution in [0.4, 0.5) is 0 Å². The van der Waals surface area contributed by atoms with Gasteiger partial charge >= 0.3 is 11.9 Å². The molecule has 0 heterocycles. The average Bonchev–Trinajstić information content (AvgIpc) is 2.16. The van der Waals surface area contributed by atoms with Crippen molar-refractivity contribution in [1.29, 1.82) is 0 Å². The molecule has 0 atom stereocenters. The highest BCUT2D eigenvalue weighted by Gasteiger charge is 2.25. The van der Waals surface area contributed by atoms with Gasteiger partial charge in [-0.1, -0.05) is 36.7 Å². The van der Waals surface area contributed by atoms with Gasteiger partial charge in [0.25, 0.3) is 0 Å². The molecule has 0 N–H and O–H groups in total. The highest BCUT2D eigenvalue weighted by atomic mass is 79.9. The second-order valence-electron chi connectivity index (χ2n) is 3.60. The van der Waals surface area contributed by atoms with E-state index >= 15 is 0 Å². The van der Waals surface area contributed by atoms with Crippen molar-refractivity contribution >= 4 is 27.9 Å². The molecule has 4 nitrogen and oxygen atoms in total. The molecule has 0 aliphatic heterocycles. The molecule has 0 radical (unpaired) electrons. The molecule has 0 aromatic carbocycles. The van der Waals surface area contributed by atoms with E-state index in [2.05, 4.69) is 46.2 Å². The molecule has 16 heavy (non-hydrogen) atoms. The second-order valence-corrected chi connectivity index (χ2v) is 4.51. The summed E-state index contributed by atoms with van der Waals surface area (Å²) < 4.78 is 9.17. The highest BCUT2D eigenvalue weighted by molar-refractivity contribution is 9.10. The third-order valence-corrected chi connectivity index (χ3v) is 1.73. The number of carbonyl (C=O) groups excluding carboxylic acids is 2. The first-order valence-electron chi connectivity index (χ1n) is 5.34. The van der Waals surface area contributed by atoms with E-state index < -0.39 is 16.8 Å². The molecular formula is C11H21BrO4.